The van der Waals surface area contributed by atoms with E-state index in [1.54, 1.807) is 17.5 Å². The second-order valence-electron chi connectivity index (χ2n) is 5.97. The van der Waals surface area contributed by atoms with Crippen LogP contribution in [0.1, 0.15) is 44.0 Å². The van der Waals surface area contributed by atoms with Gasteiger partial charge >= 0.3 is 6.03 Å². The molecule has 0 unspecified atom stereocenters. The molecular formula is C15H25N3O2S. The van der Waals surface area contributed by atoms with Gasteiger partial charge in [-0.3, -0.25) is 0 Å². The number of thiazole rings is 1. The smallest absolute Gasteiger partial charge is 0.315 e. The minimum Gasteiger partial charge on any atom is -0.394 e. The van der Waals surface area contributed by atoms with Crippen molar-refractivity contribution in [2.45, 2.75) is 51.0 Å². The molecule has 0 saturated heterocycles. The average molecular weight is 311 g/mol. The summed E-state index contributed by atoms with van der Waals surface area (Å²) >= 11 is 1.59. The van der Waals surface area contributed by atoms with Crippen LogP contribution in [0.2, 0.25) is 0 Å². The van der Waals surface area contributed by atoms with Gasteiger partial charge in [0, 0.05) is 24.5 Å². The number of urea groups is 1. The standard InChI is InChI=1S/C15H25N3O2S/c1-15(11-19,12-5-3-2-4-6-12)18-14(20)17-8-7-13-16-9-10-21-13/h9-10,12,19H,2-8,11H2,1H3,(H2,17,18,20)/t15-/m0/s1. The van der Waals surface area contributed by atoms with Crippen LogP contribution in [-0.4, -0.2) is 34.8 Å². The maximum Gasteiger partial charge on any atom is 0.315 e. The number of aromatic nitrogens is 1. The maximum atomic E-state index is 12.0. The van der Waals surface area contributed by atoms with E-state index in [9.17, 15) is 9.90 Å². The molecule has 0 aliphatic heterocycles. The summed E-state index contributed by atoms with van der Waals surface area (Å²) in [7, 11) is 0. The summed E-state index contributed by atoms with van der Waals surface area (Å²) in [6.45, 7) is 2.49. The van der Waals surface area contributed by atoms with Gasteiger partial charge in [0.05, 0.1) is 17.2 Å². The van der Waals surface area contributed by atoms with Gasteiger partial charge in [0.25, 0.3) is 0 Å². The van der Waals surface area contributed by atoms with E-state index >= 15 is 0 Å². The molecule has 5 nitrogen and oxygen atoms in total. The summed E-state index contributed by atoms with van der Waals surface area (Å²) in [6, 6.07) is -0.200. The van der Waals surface area contributed by atoms with Crippen LogP contribution < -0.4 is 10.6 Å². The molecule has 2 amide bonds. The zero-order chi connectivity index (χ0) is 15.1. The molecule has 0 spiro atoms. The predicted molar refractivity (Wildman–Crippen MR) is 84.4 cm³/mol. The van der Waals surface area contributed by atoms with E-state index in [2.05, 4.69) is 15.6 Å². The average Bonchev–Trinajstić information content (AvgIpc) is 3.01. The summed E-state index contributed by atoms with van der Waals surface area (Å²) in [6.07, 6.45) is 8.31. The van der Waals surface area contributed by atoms with Crippen LogP contribution >= 0.6 is 11.3 Å². The van der Waals surface area contributed by atoms with Gasteiger partial charge in [-0.1, -0.05) is 19.3 Å². The van der Waals surface area contributed by atoms with Crippen molar-refractivity contribution in [2.75, 3.05) is 13.2 Å². The first-order valence-corrected chi connectivity index (χ1v) is 8.57. The molecule has 21 heavy (non-hydrogen) atoms. The summed E-state index contributed by atoms with van der Waals surface area (Å²) < 4.78 is 0. The number of amides is 2. The molecule has 1 aromatic heterocycles. The fourth-order valence-corrected chi connectivity index (χ4v) is 3.59. The monoisotopic (exact) mass is 311 g/mol. The van der Waals surface area contributed by atoms with E-state index in [1.165, 1.54) is 19.3 Å². The summed E-state index contributed by atoms with van der Waals surface area (Å²) in [4.78, 5) is 16.2. The van der Waals surface area contributed by atoms with Crippen LogP contribution in [0.5, 0.6) is 0 Å². The van der Waals surface area contributed by atoms with Crippen molar-refractivity contribution in [1.82, 2.24) is 15.6 Å². The van der Waals surface area contributed by atoms with Crippen LogP contribution in [0, 0.1) is 5.92 Å². The van der Waals surface area contributed by atoms with Crippen molar-refractivity contribution in [2.24, 2.45) is 5.92 Å². The lowest BCUT2D eigenvalue weighted by Gasteiger charge is -2.39. The number of carbonyl (C=O) groups is 1. The third-order valence-electron chi connectivity index (χ3n) is 4.34. The fraction of sp³-hybridized carbons (Fsp3) is 0.733. The molecule has 3 N–H and O–H groups in total. The molecule has 1 aliphatic rings. The van der Waals surface area contributed by atoms with Crippen molar-refractivity contribution in [3.05, 3.63) is 16.6 Å². The fourth-order valence-electron chi connectivity index (χ4n) is 2.97. The molecule has 0 aromatic carbocycles. The highest BCUT2D eigenvalue weighted by Crippen LogP contribution is 2.32. The zero-order valence-electron chi connectivity index (χ0n) is 12.6. The number of carbonyl (C=O) groups excluding carboxylic acids is 1. The Balaban J connectivity index is 1.78. The first-order chi connectivity index (χ1) is 10.1. The van der Waals surface area contributed by atoms with E-state index in [-0.39, 0.29) is 12.6 Å². The zero-order valence-corrected chi connectivity index (χ0v) is 13.4. The molecule has 118 valence electrons. The Morgan fingerprint density at radius 1 is 1.48 bits per heavy atom. The summed E-state index contributed by atoms with van der Waals surface area (Å²) in [5.41, 5.74) is -0.522. The van der Waals surface area contributed by atoms with Gasteiger partial charge in [-0.05, 0) is 25.7 Å². The number of aliphatic hydroxyl groups excluding tert-OH is 1. The van der Waals surface area contributed by atoms with E-state index < -0.39 is 5.54 Å². The molecule has 0 bridgehead atoms. The number of rotatable bonds is 6. The highest BCUT2D eigenvalue weighted by molar-refractivity contribution is 7.09. The van der Waals surface area contributed by atoms with E-state index in [1.807, 2.05) is 12.3 Å². The van der Waals surface area contributed by atoms with Gasteiger partial charge in [0.2, 0.25) is 0 Å². The van der Waals surface area contributed by atoms with Crippen LogP contribution in [0.3, 0.4) is 0 Å². The first-order valence-electron chi connectivity index (χ1n) is 7.69. The number of aliphatic hydroxyl groups is 1. The van der Waals surface area contributed by atoms with Gasteiger partial charge < -0.3 is 15.7 Å². The van der Waals surface area contributed by atoms with Crippen LogP contribution in [0.4, 0.5) is 4.79 Å². The predicted octanol–water partition coefficient (Wildman–Crippen LogP) is 2.32. The van der Waals surface area contributed by atoms with Crippen molar-refractivity contribution < 1.29 is 9.90 Å². The number of hydrogen-bond donors (Lipinski definition) is 3. The number of nitrogens with one attached hydrogen (secondary N) is 2. The number of nitrogens with zero attached hydrogens (tertiary/aromatic N) is 1. The number of hydrogen-bond acceptors (Lipinski definition) is 4. The van der Waals surface area contributed by atoms with Gasteiger partial charge in [-0.15, -0.1) is 11.3 Å². The molecular weight excluding hydrogens is 286 g/mol. The molecule has 1 fully saturated rings. The van der Waals surface area contributed by atoms with Gasteiger partial charge in [0.15, 0.2) is 0 Å². The van der Waals surface area contributed by atoms with Gasteiger partial charge in [-0.2, -0.15) is 0 Å². The molecule has 2 rings (SSSR count). The van der Waals surface area contributed by atoms with Crippen molar-refractivity contribution in [3.63, 3.8) is 0 Å². The Morgan fingerprint density at radius 2 is 2.24 bits per heavy atom. The highest BCUT2D eigenvalue weighted by atomic mass is 32.1. The highest BCUT2D eigenvalue weighted by Gasteiger charge is 2.35. The topological polar surface area (TPSA) is 74.2 Å². The van der Waals surface area contributed by atoms with E-state index in [0.717, 1.165) is 24.3 Å². The third kappa shape index (κ3) is 4.68. The Hall–Kier alpha value is -1.14. The molecule has 1 heterocycles. The first kappa shape index (κ1) is 16.2. The quantitative estimate of drug-likeness (QED) is 0.755. The lowest BCUT2D eigenvalue weighted by molar-refractivity contribution is 0.101. The van der Waals surface area contributed by atoms with Gasteiger partial charge in [0.1, 0.15) is 0 Å². The molecule has 1 aromatic rings. The second kappa shape index (κ2) is 7.75. The minimum atomic E-state index is -0.522. The molecule has 1 atom stereocenters. The molecule has 1 saturated carbocycles. The lowest BCUT2D eigenvalue weighted by Crippen LogP contribution is -2.57. The van der Waals surface area contributed by atoms with Gasteiger partial charge in [-0.25, -0.2) is 9.78 Å². The molecule has 0 radical (unpaired) electrons. The maximum absolute atomic E-state index is 12.0. The lowest BCUT2D eigenvalue weighted by atomic mass is 9.76. The van der Waals surface area contributed by atoms with E-state index in [0.29, 0.717) is 12.5 Å². The van der Waals surface area contributed by atoms with Crippen molar-refractivity contribution in [3.8, 4) is 0 Å². The largest absolute Gasteiger partial charge is 0.394 e. The normalized spacial score (nSPS) is 19.0. The second-order valence-corrected chi connectivity index (χ2v) is 6.95. The van der Waals surface area contributed by atoms with Crippen LogP contribution in [0.15, 0.2) is 11.6 Å². The molecule has 6 heteroatoms. The third-order valence-corrected chi connectivity index (χ3v) is 5.18. The minimum absolute atomic E-state index is 0.0163. The Morgan fingerprint density at radius 3 is 2.86 bits per heavy atom. The van der Waals surface area contributed by atoms with E-state index in [4.69, 9.17) is 0 Å². The SMILES string of the molecule is C[C@@](CO)(NC(=O)NCCc1nccs1)C1CCCCC1. The Kier molecular flexibility index (Phi) is 5.99. The van der Waals surface area contributed by atoms with Crippen LogP contribution in [-0.2, 0) is 6.42 Å². The molecule has 1 aliphatic carbocycles. The Bertz CT molecular complexity index is 432. The van der Waals surface area contributed by atoms with Crippen molar-refractivity contribution >= 4 is 17.4 Å². The Labute approximate surface area is 130 Å². The summed E-state index contributed by atoms with van der Waals surface area (Å²) in [5, 5.41) is 18.5. The summed E-state index contributed by atoms with van der Waals surface area (Å²) in [5.74, 6) is 0.362. The van der Waals surface area contributed by atoms with Crippen LogP contribution in [0.25, 0.3) is 0 Å². The van der Waals surface area contributed by atoms with Crippen molar-refractivity contribution in [1.29, 1.82) is 0 Å².